The molecule has 2 rings (SSSR count). The second-order valence-electron chi connectivity index (χ2n) is 3.81. The Kier molecular flexibility index (Phi) is 2.42. The number of nitrogens with zero attached hydrogens (tertiary/aromatic N) is 1. The lowest BCUT2D eigenvalue weighted by Crippen LogP contribution is -2.06. The van der Waals surface area contributed by atoms with Gasteiger partial charge in [0, 0.05) is 17.8 Å². The molecule has 0 amide bonds. The molecule has 1 aromatic heterocycles. The normalized spacial score (nSPS) is 25.3. The highest BCUT2D eigenvalue weighted by Gasteiger charge is 2.38. The van der Waals surface area contributed by atoms with Crippen LogP contribution in [0.5, 0.6) is 0 Å². The molecule has 1 aromatic rings. The summed E-state index contributed by atoms with van der Waals surface area (Å²) in [4.78, 5) is 3.83. The quantitative estimate of drug-likeness (QED) is 0.822. The molecule has 1 aliphatic rings. The van der Waals surface area contributed by atoms with Gasteiger partial charge in [0.25, 0.3) is 0 Å². The van der Waals surface area contributed by atoms with Crippen molar-refractivity contribution in [2.45, 2.75) is 18.5 Å². The third-order valence-corrected chi connectivity index (χ3v) is 2.72. The van der Waals surface area contributed by atoms with Gasteiger partial charge in [-0.3, -0.25) is 4.98 Å². The van der Waals surface area contributed by atoms with Gasteiger partial charge in [0.2, 0.25) is 0 Å². The van der Waals surface area contributed by atoms with E-state index in [-0.39, 0.29) is 5.92 Å². The van der Waals surface area contributed by atoms with Crippen molar-refractivity contribution in [3.8, 4) is 0 Å². The Balaban J connectivity index is 2.12. The first-order valence-corrected chi connectivity index (χ1v) is 4.75. The van der Waals surface area contributed by atoms with E-state index < -0.39 is 11.7 Å². The van der Waals surface area contributed by atoms with Gasteiger partial charge in [0.15, 0.2) is 0 Å². The zero-order valence-electron chi connectivity index (χ0n) is 7.96. The van der Waals surface area contributed by atoms with Gasteiger partial charge in [-0.05, 0) is 31.0 Å². The first-order valence-electron chi connectivity index (χ1n) is 4.75. The van der Waals surface area contributed by atoms with E-state index in [1.54, 1.807) is 0 Å². The zero-order valence-corrected chi connectivity index (χ0v) is 7.96. The number of hydrogen-bond acceptors (Lipinski definition) is 2. The number of rotatable bonds is 2. The number of halogens is 3. The van der Waals surface area contributed by atoms with Gasteiger partial charge >= 0.3 is 6.18 Å². The Labute approximate surface area is 85.3 Å². The van der Waals surface area contributed by atoms with Crippen LogP contribution >= 0.6 is 0 Å². The summed E-state index contributed by atoms with van der Waals surface area (Å²) in [7, 11) is 0. The predicted octanol–water partition coefficient (Wildman–Crippen LogP) is 2.16. The average molecular weight is 216 g/mol. The van der Waals surface area contributed by atoms with Crippen molar-refractivity contribution in [3.05, 3.63) is 29.6 Å². The average Bonchev–Trinajstić information content (AvgIpc) is 2.95. The standard InChI is InChI=1S/C10H11F3N2/c11-10(12,13)7-1-2-9(15-5-7)8-3-6(8)4-14/h1-2,5-6,8H,3-4,14H2/t6-,8+/m0/s1. The number of alkyl halides is 3. The summed E-state index contributed by atoms with van der Waals surface area (Å²) < 4.78 is 36.7. The molecule has 2 nitrogen and oxygen atoms in total. The van der Waals surface area contributed by atoms with Crippen LogP contribution in [-0.2, 0) is 6.18 Å². The fourth-order valence-electron chi connectivity index (χ4n) is 1.66. The van der Waals surface area contributed by atoms with Crippen LogP contribution in [0.15, 0.2) is 18.3 Å². The van der Waals surface area contributed by atoms with E-state index in [0.717, 1.165) is 24.4 Å². The maximum Gasteiger partial charge on any atom is 0.417 e. The summed E-state index contributed by atoms with van der Waals surface area (Å²) in [5.74, 6) is 0.659. The van der Waals surface area contributed by atoms with E-state index in [1.807, 2.05) is 0 Å². The van der Waals surface area contributed by atoms with Crippen LogP contribution in [0.25, 0.3) is 0 Å². The fourth-order valence-corrected chi connectivity index (χ4v) is 1.66. The maximum absolute atomic E-state index is 12.2. The van der Waals surface area contributed by atoms with Crippen molar-refractivity contribution >= 4 is 0 Å². The van der Waals surface area contributed by atoms with Gasteiger partial charge in [0.05, 0.1) is 5.56 Å². The fraction of sp³-hybridized carbons (Fsp3) is 0.500. The van der Waals surface area contributed by atoms with Crippen molar-refractivity contribution in [1.82, 2.24) is 4.98 Å². The summed E-state index contributed by atoms with van der Waals surface area (Å²) in [5, 5.41) is 0. The number of nitrogens with two attached hydrogens (primary N) is 1. The van der Waals surface area contributed by atoms with E-state index in [0.29, 0.717) is 12.5 Å². The molecule has 1 aliphatic carbocycles. The van der Waals surface area contributed by atoms with Crippen molar-refractivity contribution in [3.63, 3.8) is 0 Å². The largest absolute Gasteiger partial charge is 0.417 e. The highest BCUT2D eigenvalue weighted by Crippen LogP contribution is 2.45. The lowest BCUT2D eigenvalue weighted by atomic mass is 10.2. The maximum atomic E-state index is 12.2. The molecule has 1 fully saturated rings. The van der Waals surface area contributed by atoms with E-state index in [4.69, 9.17) is 5.73 Å². The molecule has 0 spiro atoms. The van der Waals surface area contributed by atoms with Crippen LogP contribution in [0.3, 0.4) is 0 Å². The van der Waals surface area contributed by atoms with Gasteiger partial charge < -0.3 is 5.73 Å². The van der Waals surface area contributed by atoms with E-state index >= 15 is 0 Å². The molecular weight excluding hydrogens is 205 g/mol. The summed E-state index contributed by atoms with van der Waals surface area (Å²) in [6.45, 7) is 0.577. The minimum Gasteiger partial charge on any atom is -0.330 e. The summed E-state index contributed by atoms with van der Waals surface area (Å²) in [6, 6.07) is 2.53. The molecule has 5 heteroatoms. The predicted molar refractivity (Wildman–Crippen MR) is 49.1 cm³/mol. The van der Waals surface area contributed by atoms with E-state index in [1.165, 1.54) is 6.07 Å². The Morgan fingerprint density at radius 1 is 1.40 bits per heavy atom. The van der Waals surface area contributed by atoms with Crippen LogP contribution in [0, 0.1) is 5.92 Å². The molecule has 0 bridgehead atoms. The highest BCUT2D eigenvalue weighted by molar-refractivity contribution is 5.23. The Hall–Kier alpha value is -1.10. The molecule has 0 aromatic carbocycles. The second-order valence-corrected chi connectivity index (χ2v) is 3.81. The molecule has 1 saturated carbocycles. The SMILES string of the molecule is NC[C@@H]1C[C@H]1c1ccc(C(F)(F)F)cn1. The monoisotopic (exact) mass is 216 g/mol. The minimum absolute atomic E-state index is 0.261. The molecule has 0 radical (unpaired) electrons. The smallest absolute Gasteiger partial charge is 0.330 e. The summed E-state index contributed by atoms with van der Waals surface area (Å²) in [5.41, 5.74) is 5.48. The number of pyridine rings is 1. The van der Waals surface area contributed by atoms with Crippen molar-refractivity contribution in [1.29, 1.82) is 0 Å². The molecular formula is C10H11F3N2. The summed E-state index contributed by atoms with van der Waals surface area (Å²) >= 11 is 0. The molecule has 1 heterocycles. The Morgan fingerprint density at radius 3 is 2.53 bits per heavy atom. The first-order chi connectivity index (χ1) is 7.02. The molecule has 0 unspecified atom stereocenters. The first kappa shape index (κ1) is 10.4. The van der Waals surface area contributed by atoms with Crippen LogP contribution in [0.2, 0.25) is 0 Å². The zero-order chi connectivity index (χ0) is 11.1. The second kappa shape index (κ2) is 3.48. The lowest BCUT2D eigenvalue weighted by Gasteiger charge is -2.06. The molecule has 15 heavy (non-hydrogen) atoms. The third kappa shape index (κ3) is 2.12. The lowest BCUT2D eigenvalue weighted by molar-refractivity contribution is -0.137. The molecule has 82 valence electrons. The van der Waals surface area contributed by atoms with E-state index in [9.17, 15) is 13.2 Å². The van der Waals surface area contributed by atoms with Crippen molar-refractivity contribution in [2.24, 2.45) is 11.7 Å². The van der Waals surface area contributed by atoms with Crippen LogP contribution in [0.1, 0.15) is 23.6 Å². The highest BCUT2D eigenvalue weighted by atomic mass is 19.4. The number of aromatic nitrogens is 1. The summed E-state index contributed by atoms with van der Waals surface area (Å²) in [6.07, 6.45) is -2.47. The Bertz CT molecular complexity index is 345. The van der Waals surface area contributed by atoms with Crippen LogP contribution in [-0.4, -0.2) is 11.5 Å². The van der Waals surface area contributed by atoms with E-state index in [2.05, 4.69) is 4.98 Å². The molecule has 2 atom stereocenters. The van der Waals surface area contributed by atoms with Gasteiger partial charge in [-0.1, -0.05) is 0 Å². The molecule has 2 N–H and O–H groups in total. The topological polar surface area (TPSA) is 38.9 Å². The van der Waals surface area contributed by atoms with Gasteiger partial charge in [-0.25, -0.2) is 0 Å². The van der Waals surface area contributed by atoms with Crippen LogP contribution < -0.4 is 5.73 Å². The van der Waals surface area contributed by atoms with Gasteiger partial charge in [-0.15, -0.1) is 0 Å². The van der Waals surface area contributed by atoms with Crippen molar-refractivity contribution < 1.29 is 13.2 Å². The van der Waals surface area contributed by atoms with Gasteiger partial charge in [-0.2, -0.15) is 13.2 Å². The molecule has 0 aliphatic heterocycles. The minimum atomic E-state index is -4.30. The van der Waals surface area contributed by atoms with Crippen LogP contribution in [0.4, 0.5) is 13.2 Å². The Morgan fingerprint density at radius 2 is 2.13 bits per heavy atom. The third-order valence-electron chi connectivity index (χ3n) is 2.72. The van der Waals surface area contributed by atoms with Gasteiger partial charge in [0.1, 0.15) is 0 Å². The molecule has 0 saturated heterocycles. The number of hydrogen-bond donors (Lipinski definition) is 1. The van der Waals surface area contributed by atoms with Crippen molar-refractivity contribution in [2.75, 3.05) is 6.54 Å².